The molecule has 0 spiro atoms. The second-order valence-electron chi connectivity index (χ2n) is 2.23. The van der Waals surface area contributed by atoms with Gasteiger partial charge in [0, 0.05) is 6.54 Å². The van der Waals surface area contributed by atoms with Gasteiger partial charge in [0.05, 0.1) is 5.82 Å². The topological polar surface area (TPSA) is 61.4 Å². The van der Waals surface area contributed by atoms with Crippen molar-refractivity contribution in [2.45, 2.75) is 12.5 Å². The maximum absolute atomic E-state index is 10.4. The van der Waals surface area contributed by atoms with Crippen LogP contribution in [-0.2, 0) is 4.79 Å². The van der Waals surface area contributed by atoms with E-state index in [-0.39, 0.29) is 0 Å². The summed E-state index contributed by atoms with van der Waals surface area (Å²) in [5.74, 6) is -0.221. The minimum absolute atomic E-state index is 0.464. The summed E-state index contributed by atoms with van der Waals surface area (Å²) >= 11 is 0. The zero-order chi connectivity index (χ0) is 7.56. The van der Waals surface area contributed by atoms with Crippen LogP contribution < -0.4 is 10.6 Å². The van der Waals surface area contributed by atoms with Gasteiger partial charge < -0.3 is 15.7 Å². The number of carboxylic acids is 1. The summed E-state index contributed by atoms with van der Waals surface area (Å²) < 4.78 is 0. The Bertz CT molecular complexity index is 165. The zero-order valence-electron chi connectivity index (χ0n) is 5.55. The molecule has 0 amide bonds. The second-order valence-corrected chi connectivity index (χ2v) is 2.23. The Kier molecular flexibility index (Phi) is 1.80. The molecule has 1 rings (SSSR count). The number of hydrogen-bond donors (Lipinski definition) is 3. The molecule has 3 N–H and O–H groups in total. The van der Waals surface area contributed by atoms with Gasteiger partial charge in [-0.05, 0) is 6.42 Å². The first kappa shape index (κ1) is 6.92. The second kappa shape index (κ2) is 2.60. The van der Waals surface area contributed by atoms with Gasteiger partial charge in [-0.15, -0.1) is 0 Å². The van der Waals surface area contributed by atoms with Gasteiger partial charge in [-0.2, -0.15) is 0 Å². The molecule has 1 aliphatic heterocycles. The number of aliphatic carboxylic acids is 1. The van der Waals surface area contributed by atoms with Gasteiger partial charge in [-0.25, -0.2) is 4.79 Å². The first-order valence-corrected chi connectivity index (χ1v) is 3.12. The summed E-state index contributed by atoms with van der Waals surface area (Å²) in [6.45, 7) is 4.24. The van der Waals surface area contributed by atoms with E-state index in [1.54, 1.807) is 0 Å². The van der Waals surface area contributed by atoms with Gasteiger partial charge in [-0.3, -0.25) is 0 Å². The predicted octanol–water partition coefficient (Wildman–Crippen LogP) is -0.506. The lowest BCUT2D eigenvalue weighted by molar-refractivity contribution is -0.139. The molecule has 1 fully saturated rings. The largest absolute Gasteiger partial charge is 0.480 e. The monoisotopic (exact) mass is 142 g/mol. The fraction of sp³-hybridized carbons (Fsp3) is 0.500. The van der Waals surface area contributed by atoms with Crippen molar-refractivity contribution in [3.05, 3.63) is 12.4 Å². The summed E-state index contributed by atoms with van der Waals surface area (Å²) in [6, 6.07) is -0.464. The van der Waals surface area contributed by atoms with Gasteiger partial charge >= 0.3 is 5.97 Å². The van der Waals surface area contributed by atoms with E-state index in [0.717, 1.165) is 0 Å². The molecular weight excluding hydrogens is 132 g/mol. The minimum atomic E-state index is -0.817. The maximum Gasteiger partial charge on any atom is 0.326 e. The van der Waals surface area contributed by atoms with Crippen molar-refractivity contribution in [1.29, 1.82) is 0 Å². The van der Waals surface area contributed by atoms with Crippen LogP contribution in [0.4, 0.5) is 0 Å². The molecule has 0 aromatic carbocycles. The Labute approximate surface area is 58.9 Å². The molecule has 10 heavy (non-hydrogen) atoms. The van der Waals surface area contributed by atoms with Crippen molar-refractivity contribution in [3.63, 3.8) is 0 Å². The number of carboxylic acid groups (broad SMARTS) is 1. The van der Waals surface area contributed by atoms with Gasteiger partial charge in [0.15, 0.2) is 0 Å². The smallest absolute Gasteiger partial charge is 0.326 e. The average molecular weight is 142 g/mol. The Morgan fingerprint density at radius 3 is 2.90 bits per heavy atom. The molecule has 4 nitrogen and oxygen atoms in total. The van der Waals surface area contributed by atoms with Crippen LogP contribution in [0.3, 0.4) is 0 Å². The number of nitrogens with one attached hydrogen (secondary N) is 2. The Morgan fingerprint density at radius 1 is 1.80 bits per heavy atom. The van der Waals surface area contributed by atoms with Crippen LogP contribution in [-0.4, -0.2) is 23.7 Å². The van der Waals surface area contributed by atoms with E-state index in [9.17, 15) is 4.79 Å². The van der Waals surface area contributed by atoms with Gasteiger partial charge in [0.1, 0.15) is 6.04 Å². The van der Waals surface area contributed by atoms with Crippen LogP contribution >= 0.6 is 0 Å². The van der Waals surface area contributed by atoms with Gasteiger partial charge in [-0.1, -0.05) is 6.58 Å². The van der Waals surface area contributed by atoms with Crippen molar-refractivity contribution in [3.8, 4) is 0 Å². The summed E-state index contributed by atoms with van der Waals surface area (Å²) in [4.78, 5) is 10.4. The standard InChI is InChI=1S/C6H10N2O2/c1-4-7-3-2-5(8-4)6(9)10/h5,7-8H,1-3H2,(H,9,10)/t5-/m0/s1. The number of hydrogen-bond acceptors (Lipinski definition) is 3. The van der Waals surface area contributed by atoms with Crippen LogP contribution in [0.15, 0.2) is 12.4 Å². The maximum atomic E-state index is 10.4. The lowest BCUT2D eigenvalue weighted by Gasteiger charge is -2.23. The van der Waals surface area contributed by atoms with Crippen molar-refractivity contribution >= 4 is 5.97 Å². The minimum Gasteiger partial charge on any atom is -0.480 e. The fourth-order valence-corrected chi connectivity index (χ4v) is 0.886. The SMILES string of the molecule is C=C1NCC[C@@H](C(=O)O)N1. The fourth-order valence-electron chi connectivity index (χ4n) is 0.886. The third-order valence-electron chi connectivity index (χ3n) is 1.42. The molecule has 1 atom stereocenters. The average Bonchev–Trinajstić information content (AvgIpc) is 1.88. The molecule has 4 heteroatoms. The van der Waals surface area contributed by atoms with E-state index in [4.69, 9.17) is 5.11 Å². The van der Waals surface area contributed by atoms with E-state index < -0.39 is 12.0 Å². The summed E-state index contributed by atoms with van der Waals surface area (Å²) in [5.41, 5.74) is 0. The van der Waals surface area contributed by atoms with Crippen LogP contribution in [0.5, 0.6) is 0 Å². The van der Waals surface area contributed by atoms with Gasteiger partial charge in [0.2, 0.25) is 0 Å². The van der Waals surface area contributed by atoms with Crippen LogP contribution in [0.2, 0.25) is 0 Å². The molecular formula is C6H10N2O2. The molecule has 0 aliphatic carbocycles. The summed E-state index contributed by atoms with van der Waals surface area (Å²) in [5, 5.41) is 14.1. The lowest BCUT2D eigenvalue weighted by Crippen LogP contribution is -2.46. The molecule has 0 aromatic heterocycles. The summed E-state index contributed by atoms with van der Waals surface area (Å²) in [6.07, 6.45) is 0.606. The predicted molar refractivity (Wildman–Crippen MR) is 36.3 cm³/mol. The molecule has 0 aromatic rings. The normalized spacial score (nSPS) is 24.8. The highest BCUT2D eigenvalue weighted by Gasteiger charge is 2.20. The third-order valence-corrected chi connectivity index (χ3v) is 1.42. The summed E-state index contributed by atoms with van der Waals surface area (Å²) in [7, 11) is 0. The van der Waals surface area contributed by atoms with Gasteiger partial charge in [0.25, 0.3) is 0 Å². The van der Waals surface area contributed by atoms with E-state index >= 15 is 0 Å². The Morgan fingerprint density at radius 2 is 2.50 bits per heavy atom. The van der Waals surface area contributed by atoms with Crippen molar-refractivity contribution in [1.82, 2.24) is 10.6 Å². The highest BCUT2D eigenvalue weighted by Crippen LogP contribution is 1.99. The molecule has 0 bridgehead atoms. The van der Waals surface area contributed by atoms with Crippen LogP contribution in [0, 0.1) is 0 Å². The molecule has 1 aliphatic rings. The molecule has 1 heterocycles. The molecule has 0 radical (unpaired) electrons. The Balaban J connectivity index is 2.47. The van der Waals surface area contributed by atoms with E-state index in [2.05, 4.69) is 17.2 Å². The van der Waals surface area contributed by atoms with E-state index in [1.807, 2.05) is 0 Å². The Hall–Kier alpha value is -1.19. The third kappa shape index (κ3) is 1.40. The first-order valence-electron chi connectivity index (χ1n) is 3.12. The number of rotatable bonds is 1. The zero-order valence-corrected chi connectivity index (χ0v) is 5.55. The quantitative estimate of drug-likeness (QED) is 0.461. The van der Waals surface area contributed by atoms with Crippen LogP contribution in [0.25, 0.3) is 0 Å². The molecule has 0 saturated carbocycles. The molecule has 1 saturated heterocycles. The number of carbonyl (C=O) groups is 1. The van der Waals surface area contributed by atoms with Crippen molar-refractivity contribution in [2.24, 2.45) is 0 Å². The highest BCUT2D eigenvalue weighted by atomic mass is 16.4. The van der Waals surface area contributed by atoms with E-state index in [1.165, 1.54) is 0 Å². The first-order chi connectivity index (χ1) is 4.70. The lowest BCUT2D eigenvalue weighted by atomic mass is 10.2. The van der Waals surface area contributed by atoms with Crippen molar-refractivity contribution < 1.29 is 9.90 Å². The van der Waals surface area contributed by atoms with Crippen LogP contribution in [0.1, 0.15) is 6.42 Å². The molecule has 0 unspecified atom stereocenters. The molecule has 56 valence electrons. The van der Waals surface area contributed by atoms with E-state index in [0.29, 0.717) is 18.8 Å². The van der Waals surface area contributed by atoms with Crippen molar-refractivity contribution in [2.75, 3.05) is 6.54 Å². The highest BCUT2D eigenvalue weighted by molar-refractivity contribution is 5.73.